The molecular formula is C25H27ClN6O2. The molecule has 0 atom stereocenters. The Hall–Kier alpha value is -3.13. The summed E-state index contributed by atoms with van der Waals surface area (Å²) in [5.41, 5.74) is 2.28. The van der Waals surface area contributed by atoms with Gasteiger partial charge in [-0.05, 0) is 62.6 Å². The number of halogens is 1. The lowest BCUT2D eigenvalue weighted by molar-refractivity contribution is 0.0581. The molecule has 8 nitrogen and oxygen atoms in total. The molecule has 3 aliphatic rings. The molecule has 4 heterocycles. The van der Waals surface area contributed by atoms with Gasteiger partial charge >= 0.3 is 6.09 Å². The van der Waals surface area contributed by atoms with Crippen molar-refractivity contribution in [1.82, 2.24) is 24.6 Å². The van der Waals surface area contributed by atoms with Crippen LogP contribution in [0.25, 0.3) is 5.69 Å². The van der Waals surface area contributed by atoms with Crippen molar-refractivity contribution in [2.75, 3.05) is 18.0 Å². The molecule has 0 bridgehead atoms. The van der Waals surface area contributed by atoms with Gasteiger partial charge in [0, 0.05) is 35.6 Å². The molecule has 6 rings (SSSR count). The zero-order valence-electron chi connectivity index (χ0n) is 19.3. The summed E-state index contributed by atoms with van der Waals surface area (Å²) < 4.78 is 7.61. The molecule has 1 aliphatic carbocycles. The minimum Gasteiger partial charge on any atom is -0.447 e. The SMILES string of the molecule is CC(C)OC(=O)N1Cc2cc(Cl)ccc2-n2c(nnc2C2CC3(C2)CN(c2ccccn2)C3)C1. The summed E-state index contributed by atoms with van der Waals surface area (Å²) in [6, 6.07) is 11.9. The number of ether oxygens (including phenoxy) is 1. The summed E-state index contributed by atoms with van der Waals surface area (Å²) in [7, 11) is 0. The van der Waals surface area contributed by atoms with Gasteiger partial charge in [-0.3, -0.25) is 9.47 Å². The van der Waals surface area contributed by atoms with Gasteiger partial charge < -0.3 is 9.64 Å². The van der Waals surface area contributed by atoms with Crippen molar-refractivity contribution in [3.05, 3.63) is 64.8 Å². The number of anilines is 1. The molecule has 2 aromatic heterocycles. The van der Waals surface area contributed by atoms with Crippen molar-refractivity contribution < 1.29 is 9.53 Å². The second kappa shape index (κ2) is 7.98. The second-order valence-electron chi connectivity index (χ2n) is 10.0. The number of amides is 1. The average Bonchev–Trinajstić information content (AvgIpc) is 3.07. The van der Waals surface area contributed by atoms with Crippen molar-refractivity contribution in [1.29, 1.82) is 0 Å². The number of pyridine rings is 1. The van der Waals surface area contributed by atoms with Crippen LogP contribution in [0.2, 0.25) is 5.02 Å². The number of fused-ring (bicyclic) bond motifs is 3. The lowest BCUT2D eigenvalue weighted by Crippen LogP contribution is -2.62. The van der Waals surface area contributed by atoms with Gasteiger partial charge in [-0.2, -0.15) is 0 Å². The Labute approximate surface area is 203 Å². The first-order valence-electron chi connectivity index (χ1n) is 11.8. The van der Waals surface area contributed by atoms with Crippen molar-refractivity contribution in [3.63, 3.8) is 0 Å². The third kappa shape index (κ3) is 3.60. The summed E-state index contributed by atoms with van der Waals surface area (Å²) in [6.07, 6.45) is 3.46. The van der Waals surface area contributed by atoms with Crippen molar-refractivity contribution >= 4 is 23.5 Å². The molecule has 34 heavy (non-hydrogen) atoms. The number of nitrogens with zero attached hydrogens (tertiary/aromatic N) is 6. The number of carbonyl (C=O) groups is 1. The van der Waals surface area contributed by atoms with E-state index in [0.29, 0.717) is 29.4 Å². The van der Waals surface area contributed by atoms with E-state index < -0.39 is 0 Å². The van der Waals surface area contributed by atoms with Gasteiger partial charge in [0.05, 0.1) is 24.9 Å². The van der Waals surface area contributed by atoms with Gasteiger partial charge in [0.1, 0.15) is 11.6 Å². The van der Waals surface area contributed by atoms with Crippen molar-refractivity contribution in [2.45, 2.75) is 51.8 Å². The first-order chi connectivity index (χ1) is 16.4. The summed E-state index contributed by atoms with van der Waals surface area (Å²) in [5.74, 6) is 3.11. The van der Waals surface area contributed by atoms with Crippen molar-refractivity contribution in [2.24, 2.45) is 5.41 Å². The van der Waals surface area contributed by atoms with E-state index in [4.69, 9.17) is 16.3 Å². The molecule has 1 saturated carbocycles. The maximum absolute atomic E-state index is 12.8. The van der Waals surface area contributed by atoms with E-state index >= 15 is 0 Å². The van der Waals surface area contributed by atoms with Crippen LogP contribution in [0.4, 0.5) is 10.6 Å². The van der Waals surface area contributed by atoms with Crippen LogP contribution < -0.4 is 4.90 Å². The molecule has 2 fully saturated rings. The van der Waals surface area contributed by atoms with E-state index in [1.807, 2.05) is 50.4 Å². The fourth-order valence-corrected chi connectivity index (χ4v) is 5.78. The zero-order chi connectivity index (χ0) is 23.4. The minimum absolute atomic E-state index is 0.192. The smallest absolute Gasteiger partial charge is 0.410 e. The molecule has 176 valence electrons. The number of rotatable bonds is 3. The van der Waals surface area contributed by atoms with Crippen LogP contribution in [0.1, 0.15) is 49.8 Å². The fourth-order valence-electron chi connectivity index (χ4n) is 5.59. The van der Waals surface area contributed by atoms with E-state index in [-0.39, 0.29) is 12.2 Å². The maximum Gasteiger partial charge on any atom is 0.410 e. The number of benzene rings is 1. The van der Waals surface area contributed by atoms with Gasteiger partial charge in [0.15, 0.2) is 5.82 Å². The molecule has 0 N–H and O–H groups in total. The molecule has 3 aromatic rings. The van der Waals surface area contributed by atoms with E-state index in [2.05, 4.69) is 30.7 Å². The third-order valence-electron chi connectivity index (χ3n) is 7.08. The monoisotopic (exact) mass is 478 g/mol. The van der Waals surface area contributed by atoms with E-state index in [1.54, 1.807) is 4.90 Å². The topological polar surface area (TPSA) is 76.4 Å². The quantitative estimate of drug-likeness (QED) is 0.549. The van der Waals surface area contributed by atoms with Gasteiger partial charge in [-0.1, -0.05) is 17.7 Å². The van der Waals surface area contributed by atoms with Crippen LogP contribution in [-0.4, -0.2) is 49.9 Å². The molecule has 1 saturated heterocycles. The molecule has 2 aliphatic heterocycles. The van der Waals surface area contributed by atoms with Crippen LogP contribution >= 0.6 is 11.6 Å². The molecule has 9 heteroatoms. The van der Waals surface area contributed by atoms with Gasteiger partial charge in [-0.15, -0.1) is 10.2 Å². The first-order valence-corrected chi connectivity index (χ1v) is 12.1. The number of hydrogen-bond acceptors (Lipinski definition) is 6. The predicted molar refractivity (Wildman–Crippen MR) is 128 cm³/mol. The lowest BCUT2D eigenvalue weighted by Gasteiger charge is -2.59. The Morgan fingerprint density at radius 3 is 2.71 bits per heavy atom. The van der Waals surface area contributed by atoms with Gasteiger partial charge in [0.2, 0.25) is 0 Å². The molecule has 0 unspecified atom stereocenters. The zero-order valence-corrected chi connectivity index (χ0v) is 20.1. The van der Waals surface area contributed by atoms with E-state index in [9.17, 15) is 4.79 Å². The van der Waals surface area contributed by atoms with Crippen LogP contribution in [0, 0.1) is 5.41 Å². The largest absolute Gasteiger partial charge is 0.447 e. The van der Waals surface area contributed by atoms with Gasteiger partial charge in [0.25, 0.3) is 0 Å². The third-order valence-corrected chi connectivity index (χ3v) is 7.31. The highest BCUT2D eigenvalue weighted by Crippen LogP contribution is 2.56. The molecular weight excluding hydrogens is 452 g/mol. The minimum atomic E-state index is -0.356. The maximum atomic E-state index is 12.8. The Morgan fingerprint density at radius 1 is 1.15 bits per heavy atom. The number of hydrogen-bond donors (Lipinski definition) is 0. The highest BCUT2D eigenvalue weighted by Gasteiger charge is 2.54. The molecule has 1 spiro atoms. The Balaban J connectivity index is 1.25. The molecule has 1 aromatic carbocycles. The van der Waals surface area contributed by atoms with Crippen LogP contribution in [0.5, 0.6) is 0 Å². The van der Waals surface area contributed by atoms with Crippen LogP contribution in [-0.2, 0) is 17.8 Å². The van der Waals surface area contributed by atoms with E-state index in [0.717, 1.165) is 54.6 Å². The fraction of sp³-hybridized carbons (Fsp3) is 0.440. The highest BCUT2D eigenvalue weighted by molar-refractivity contribution is 6.30. The number of carbonyl (C=O) groups excluding carboxylic acids is 1. The summed E-state index contributed by atoms with van der Waals surface area (Å²) in [5, 5.41) is 9.77. The van der Waals surface area contributed by atoms with Gasteiger partial charge in [-0.25, -0.2) is 9.78 Å². The Bertz CT molecular complexity index is 1230. The molecule has 0 radical (unpaired) electrons. The van der Waals surface area contributed by atoms with Crippen LogP contribution in [0.15, 0.2) is 42.6 Å². The highest BCUT2D eigenvalue weighted by atomic mass is 35.5. The Kier molecular flexibility index (Phi) is 5.02. The number of aromatic nitrogens is 4. The lowest BCUT2D eigenvalue weighted by atomic mass is 9.57. The summed E-state index contributed by atoms with van der Waals surface area (Å²) >= 11 is 6.33. The molecule has 1 amide bonds. The second-order valence-corrected chi connectivity index (χ2v) is 10.5. The average molecular weight is 479 g/mol. The Morgan fingerprint density at radius 2 is 1.97 bits per heavy atom. The standard InChI is InChI=1S/C25H27ClN6O2/c1-16(2)34-24(33)30-12-17-9-19(26)6-7-20(17)32-22(13-30)28-29-23(32)18-10-25(11-18)14-31(15-25)21-5-3-4-8-27-21/h3-9,16,18H,10-15H2,1-2H3. The predicted octanol–water partition coefficient (Wildman–Crippen LogP) is 4.56. The summed E-state index contributed by atoms with van der Waals surface area (Å²) in [6.45, 7) is 6.52. The van der Waals surface area contributed by atoms with Crippen molar-refractivity contribution in [3.8, 4) is 5.69 Å². The van der Waals surface area contributed by atoms with Crippen LogP contribution in [0.3, 0.4) is 0 Å². The first kappa shape index (κ1) is 21.4. The van der Waals surface area contributed by atoms with E-state index in [1.165, 1.54) is 0 Å². The normalized spacial score (nSPS) is 18.7. The summed E-state index contributed by atoms with van der Waals surface area (Å²) in [4.78, 5) is 21.3.